The zero-order chi connectivity index (χ0) is 18.6. The Hall–Kier alpha value is -1.93. The smallest absolute Gasteiger partial charge is 0.242 e. The quantitative estimate of drug-likeness (QED) is 0.783. The number of rotatable bonds is 6. The second-order valence-corrected chi connectivity index (χ2v) is 8.16. The van der Waals surface area contributed by atoms with Gasteiger partial charge in [-0.15, -0.1) is 12.4 Å². The highest BCUT2D eigenvalue weighted by atomic mass is 35.5. The van der Waals surface area contributed by atoms with Crippen LogP contribution in [0.4, 0.5) is 5.69 Å². The average molecular weight is 398 g/mol. The van der Waals surface area contributed by atoms with Crippen LogP contribution in [-0.4, -0.2) is 32.7 Å². The van der Waals surface area contributed by atoms with Gasteiger partial charge < -0.3 is 11.1 Å². The lowest BCUT2D eigenvalue weighted by Crippen LogP contribution is -2.24. The summed E-state index contributed by atoms with van der Waals surface area (Å²) in [7, 11) is -0.632. The maximum atomic E-state index is 12.3. The monoisotopic (exact) mass is 397 g/mol. The van der Waals surface area contributed by atoms with E-state index in [0.29, 0.717) is 11.3 Å². The van der Waals surface area contributed by atoms with Gasteiger partial charge in [0.2, 0.25) is 15.9 Å². The van der Waals surface area contributed by atoms with Crippen molar-refractivity contribution in [3.05, 3.63) is 59.7 Å². The molecule has 0 saturated carbocycles. The Morgan fingerprint density at radius 3 is 2.35 bits per heavy atom. The van der Waals surface area contributed by atoms with Crippen LogP contribution >= 0.6 is 12.4 Å². The Labute approximate surface area is 160 Å². The molecule has 6 nitrogen and oxygen atoms in total. The lowest BCUT2D eigenvalue weighted by Gasteiger charge is -2.16. The van der Waals surface area contributed by atoms with E-state index in [-0.39, 0.29) is 29.6 Å². The second kappa shape index (κ2) is 9.14. The predicted molar refractivity (Wildman–Crippen MR) is 106 cm³/mol. The molecule has 1 amide bonds. The van der Waals surface area contributed by atoms with E-state index in [9.17, 15) is 13.2 Å². The lowest BCUT2D eigenvalue weighted by atomic mass is 10.0. The molecule has 0 aromatic heterocycles. The fourth-order valence-corrected chi connectivity index (χ4v) is 3.53. The maximum Gasteiger partial charge on any atom is 0.242 e. The molecule has 142 valence electrons. The van der Waals surface area contributed by atoms with Gasteiger partial charge in [-0.05, 0) is 30.2 Å². The molecule has 0 radical (unpaired) electrons. The molecular weight excluding hydrogens is 374 g/mol. The predicted octanol–water partition coefficient (Wildman–Crippen LogP) is 2.70. The van der Waals surface area contributed by atoms with Crippen molar-refractivity contribution in [3.63, 3.8) is 0 Å². The Bertz CT molecular complexity index is 855. The van der Waals surface area contributed by atoms with Gasteiger partial charge in [0.25, 0.3) is 0 Å². The van der Waals surface area contributed by atoms with E-state index >= 15 is 0 Å². The van der Waals surface area contributed by atoms with Crippen molar-refractivity contribution >= 4 is 34.0 Å². The molecule has 3 N–H and O–H groups in total. The molecule has 0 aliphatic carbocycles. The number of amides is 1. The summed E-state index contributed by atoms with van der Waals surface area (Å²) in [5, 5.41) is 2.72. The number of aryl methyl sites for hydroxylation is 1. The number of nitrogens with one attached hydrogen (secondary N) is 1. The normalized spacial score (nSPS) is 12.3. The molecule has 0 heterocycles. The van der Waals surface area contributed by atoms with Gasteiger partial charge in [-0.1, -0.05) is 36.4 Å². The van der Waals surface area contributed by atoms with Gasteiger partial charge in [0.15, 0.2) is 0 Å². The summed E-state index contributed by atoms with van der Waals surface area (Å²) in [4.78, 5) is 12.4. The van der Waals surface area contributed by atoms with Gasteiger partial charge in [0.05, 0.1) is 4.90 Å². The van der Waals surface area contributed by atoms with Crippen LogP contribution < -0.4 is 11.1 Å². The van der Waals surface area contributed by atoms with Gasteiger partial charge in [-0.25, -0.2) is 12.7 Å². The first kappa shape index (κ1) is 22.1. The number of nitrogens with zero attached hydrogens (tertiary/aromatic N) is 1. The van der Waals surface area contributed by atoms with Crippen molar-refractivity contribution in [2.24, 2.45) is 5.73 Å². The van der Waals surface area contributed by atoms with Gasteiger partial charge in [-0.3, -0.25) is 4.79 Å². The van der Waals surface area contributed by atoms with E-state index in [1.165, 1.54) is 20.2 Å². The highest BCUT2D eigenvalue weighted by Crippen LogP contribution is 2.23. The molecule has 2 rings (SSSR count). The Balaban J connectivity index is 0.00000338. The fraction of sp³-hybridized carbons (Fsp3) is 0.278. The van der Waals surface area contributed by atoms with Crippen molar-refractivity contribution in [1.82, 2.24) is 4.31 Å². The molecule has 0 aliphatic heterocycles. The number of benzene rings is 2. The molecule has 26 heavy (non-hydrogen) atoms. The third-order valence-corrected chi connectivity index (χ3v) is 5.82. The van der Waals surface area contributed by atoms with Crippen molar-refractivity contribution in [1.29, 1.82) is 0 Å². The number of carbonyl (C=O) groups excluding carboxylic acids is 1. The number of hydrogen-bond donors (Lipinski definition) is 2. The first-order valence-electron chi connectivity index (χ1n) is 7.85. The zero-order valence-corrected chi connectivity index (χ0v) is 16.6. The first-order chi connectivity index (χ1) is 11.7. The summed E-state index contributed by atoms with van der Waals surface area (Å²) in [6, 6.07) is 13.7. The summed E-state index contributed by atoms with van der Waals surface area (Å²) < 4.78 is 25.8. The van der Waals surface area contributed by atoms with Crippen LogP contribution in [0.25, 0.3) is 0 Å². The number of hydrogen-bond acceptors (Lipinski definition) is 4. The standard InChI is InChI=1S/C18H23N3O3S.ClH/c1-13-9-10-15(11-17(13)25(23,24)21(2)3)20-18(22)12-16(19)14-7-5-4-6-8-14;/h4-11,16H,12,19H2,1-3H3,(H,20,22);1H. The van der Waals surface area contributed by atoms with E-state index in [2.05, 4.69) is 5.32 Å². The Morgan fingerprint density at radius 1 is 1.15 bits per heavy atom. The fourth-order valence-electron chi connectivity index (χ4n) is 2.38. The molecular formula is C18H24ClN3O3S. The van der Waals surface area contributed by atoms with Gasteiger partial charge in [0, 0.05) is 32.2 Å². The second-order valence-electron chi connectivity index (χ2n) is 6.04. The number of carbonyl (C=O) groups is 1. The van der Waals surface area contributed by atoms with Crippen molar-refractivity contribution in [2.75, 3.05) is 19.4 Å². The van der Waals surface area contributed by atoms with Crippen LogP contribution in [-0.2, 0) is 14.8 Å². The molecule has 2 aromatic rings. The Kier molecular flexibility index (Phi) is 7.77. The number of sulfonamides is 1. The molecule has 8 heteroatoms. The molecule has 0 aliphatic rings. The minimum absolute atomic E-state index is 0. The summed E-state index contributed by atoms with van der Waals surface area (Å²) in [5.41, 5.74) is 7.97. The molecule has 1 unspecified atom stereocenters. The van der Waals surface area contributed by atoms with E-state index in [1.807, 2.05) is 30.3 Å². The lowest BCUT2D eigenvalue weighted by molar-refractivity contribution is -0.116. The third-order valence-electron chi connectivity index (χ3n) is 3.86. The van der Waals surface area contributed by atoms with Crippen LogP contribution in [0.3, 0.4) is 0 Å². The van der Waals surface area contributed by atoms with Gasteiger partial charge in [-0.2, -0.15) is 0 Å². The topological polar surface area (TPSA) is 92.5 Å². The summed E-state index contributed by atoms with van der Waals surface area (Å²) >= 11 is 0. The zero-order valence-electron chi connectivity index (χ0n) is 15.0. The minimum Gasteiger partial charge on any atom is -0.326 e. The number of nitrogens with two attached hydrogens (primary N) is 1. The number of halogens is 1. The molecule has 2 aromatic carbocycles. The van der Waals surface area contributed by atoms with Crippen LogP contribution in [0.15, 0.2) is 53.4 Å². The van der Waals surface area contributed by atoms with E-state index in [0.717, 1.165) is 9.87 Å². The van der Waals surface area contributed by atoms with Crippen LogP contribution in [0.1, 0.15) is 23.6 Å². The molecule has 0 saturated heterocycles. The third kappa shape index (κ3) is 5.28. The highest BCUT2D eigenvalue weighted by molar-refractivity contribution is 7.89. The average Bonchev–Trinajstić information content (AvgIpc) is 2.57. The van der Waals surface area contributed by atoms with Gasteiger partial charge >= 0.3 is 0 Å². The molecule has 0 bridgehead atoms. The summed E-state index contributed by atoms with van der Waals surface area (Å²) in [5.74, 6) is -0.270. The largest absolute Gasteiger partial charge is 0.326 e. The van der Waals surface area contributed by atoms with Crippen molar-refractivity contribution in [3.8, 4) is 0 Å². The molecule has 0 spiro atoms. The van der Waals surface area contributed by atoms with E-state index in [1.54, 1.807) is 19.1 Å². The highest BCUT2D eigenvalue weighted by Gasteiger charge is 2.20. The molecule has 0 fully saturated rings. The van der Waals surface area contributed by atoms with Gasteiger partial charge in [0.1, 0.15) is 0 Å². The SMILES string of the molecule is Cc1ccc(NC(=O)CC(N)c2ccccc2)cc1S(=O)(=O)N(C)C.Cl. The van der Waals surface area contributed by atoms with Crippen LogP contribution in [0.2, 0.25) is 0 Å². The molecule has 1 atom stereocenters. The van der Waals surface area contributed by atoms with Crippen LogP contribution in [0.5, 0.6) is 0 Å². The minimum atomic E-state index is -3.57. The van der Waals surface area contributed by atoms with Crippen molar-refractivity contribution < 1.29 is 13.2 Å². The number of anilines is 1. The van der Waals surface area contributed by atoms with Crippen molar-refractivity contribution in [2.45, 2.75) is 24.3 Å². The van der Waals surface area contributed by atoms with Crippen LogP contribution in [0, 0.1) is 6.92 Å². The Morgan fingerprint density at radius 2 is 1.77 bits per heavy atom. The maximum absolute atomic E-state index is 12.3. The summed E-state index contributed by atoms with van der Waals surface area (Å²) in [6.45, 7) is 1.72. The first-order valence-corrected chi connectivity index (χ1v) is 9.29. The van der Waals surface area contributed by atoms with E-state index in [4.69, 9.17) is 5.73 Å². The summed E-state index contributed by atoms with van der Waals surface area (Å²) in [6.07, 6.45) is 0.105. The van der Waals surface area contributed by atoms with E-state index < -0.39 is 16.1 Å².